The van der Waals surface area contributed by atoms with Gasteiger partial charge in [-0.3, -0.25) is 4.79 Å². The highest BCUT2D eigenvalue weighted by atomic mass is 127. The van der Waals surface area contributed by atoms with Gasteiger partial charge in [0.2, 0.25) is 0 Å². The van der Waals surface area contributed by atoms with Crippen LogP contribution in [0, 0.1) is 3.57 Å². The Hall–Kier alpha value is -0.630. The number of carbonyl (C=O) groups excluding carboxylic acids is 1. The third kappa shape index (κ3) is 4.42. The Morgan fingerprint density at radius 2 is 2.19 bits per heavy atom. The van der Waals surface area contributed by atoms with E-state index in [1.165, 1.54) is 5.56 Å². The van der Waals surface area contributed by atoms with E-state index in [-0.39, 0.29) is 11.9 Å². The Kier molecular flexibility index (Phi) is 6.04. The molecule has 1 heterocycles. The van der Waals surface area contributed by atoms with E-state index in [1.54, 1.807) is 23.5 Å². The molecule has 0 radical (unpaired) electrons. The predicted octanol–water partition coefficient (Wildman–Crippen LogP) is 4.04. The van der Waals surface area contributed by atoms with Gasteiger partial charge < -0.3 is 10.2 Å². The Balaban J connectivity index is 2.07. The lowest BCUT2D eigenvalue weighted by Gasteiger charge is -2.24. The SMILES string of the molecule is CN(C)C(CNC(=O)c1cc(Cl)ccc1I)c1ccsc1. The molecule has 1 atom stereocenters. The summed E-state index contributed by atoms with van der Waals surface area (Å²) in [6, 6.07) is 7.59. The maximum Gasteiger partial charge on any atom is 0.252 e. The van der Waals surface area contributed by atoms with E-state index in [2.05, 4.69) is 44.3 Å². The van der Waals surface area contributed by atoms with Gasteiger partial charge in [0.05, 0.1) is 11.6 Å². The van der Waals surface area contributed by atoms with Crippen molar-refractivity contribution in [2.45, 2.75) is 6.04 Å². The number of benzene rings is 1. The normalized spacial score (nSPS) is 12.4. The summed E-state index contributed by atoms with van der Waals surface area (Å²) in [4.78, 5) is 14.4. The molecular formula is C15H16ClIN2OS. The van der Waals surface area contributed by atoms with Crippen molar-refractivity contribution in [2.24, 2.45) is 0 Å². The summed E-state index contributed by atoms with van der Waals surface area (Å²) in [7, 11) is 4.02. The third-order valence-electron chi connectivity index (χ3n) is 3.18. The van der Waals surface area contributed by atoms with Crippen LogP contribution in [-0.2, 0) is 0 Å². The highest BCUT2D eigenvalue weighted by Gasteiger charge is 2.17. The van der Waals surface area contributed by atoms with Crippen LogP contribution < -0.4 is 5.32 Å². The van der Waals surface area contributed by atoms with Crippen LogP contribution in [0.1, 0.15) is 22.0 Å². The second kappa shape index (κ2) is 7.58. The van der Waals surface area contributed by atoms with E-state index in [4.69, 9.17) is 11.6 Å². The molecule has 0 spiro atoms. The number of rotatable bonds is 5. The molecule has 0 aliphatic heterocycles. The molecule has 6 heteroatoms. The van der Waals surface area contributed by atoms with Crippen LogP contribution in [0.3, 0.4) is 0 Å². The molecule has 1 aromatic heterocycles. The number of hydrogen-bond donors (Lipinski definition) is 1. The number of likely N-dealkylation sites (N-methyl/N-ethyl adjacent to an activating group) is 1. The third-order valence-corrected chi connectivity index (χ3v) is 5.06. The van der Waals surface area contributed by atoms with Crippen molar-refractivity contribution in [3.05, 3.63) is 54.7 Å². The largest absolute Gasteiger partial charge is 0.350 e. The Morgan fingerprint density at radius 3 is 2.81 bits per heavy atom. The maximum atomic E-state index is 12.3. The lowest BCUT2D eigenvalue weighted by atomic mass is 10.1. The topological polar surface area (TPSA) is 32.3 Å². The molecule has 2 rings (SSSR count). The van der Waals surface area contributed by atoms with Crippen molar-refractivity contribution < 1.29 is 4.79 Å². The van der Waals surface area contributed by atoms with E-state index in [0.717, 1.165) is 3.57 Å². The monoisotopic (exact) mass is 434 g/mol. The van der Waals surface area contributed by atoms with Crippen molar-refractivity contribution in [3.8, 4) is 0 Å². The molecule has 1 aromatic carbocycles. The second-order valence-electron chi connectivity index (χ2n) is 4.87. The average molecular weight is 435 g/mol. The fraction of sp³-hybridized carbons (Fsp3) is 0.267. The first-order chi connectivity index (χ1) is 9.99. The maximum absolute atomic E-state index is 12.3. The number of nitrogens with one attached hydrogen (secondary N) is 1. The standard InChI is InChI=1S/C15H16ClIN2OS/c1-19(2)14(10-5-6-21-9-10)8-18-15(20)12-7-11(16)3-4-13(12)17/h3-7,9,14H,8H2,1-2H3,(H,18,20). The molecule has 1 unspecified atom stereocenters. The van der Waals surface area contributed by atoms with Crippen LogP contribution in [0.25, 0.3) is 0 Å². The molecule has 2 aromatic rings. The van der Waals surface area contributed by atoms with Gasteiger partial charge in [-0.2, -0.15) is 11.3 Å². The van der Waals surface area contributed by atoms with Gasteiger partial charge in [-0.1, -0.05) is 11.6 Å². The summed E-state index contributed by atoms with van der Waals surface area (Å²) in [5.74, 6) is -0.0935. The summed E-state index contributed by atoms with van der Waals surface area (Å²) in [6.45, 7) is 0.561. The summed E-state index contributed by atoms with van der Waals surface area (Å²) in [6.07, 6.45) is 0. The molecule has 0 aliphatic carbocycles. The summed E-state index contributed by atoms with van der Waals surface area (Å²) in [5.41, 5.74) is 1.83. The lowest BCUT2D eigenvalue weighted by Crippen LogP contribution is -2.34. The van der Waals surface area contributed by atoms with Gasteiger partial charge in [-0.25, -0.2) is 0 Å². The van der Waals surface area contributed by atoms with E-state index in [0.29, 0.717) is 17.1 Å². The van der Waals surface area contributed by atoms with E-state index in [1.807, 2.05) is 25.5 Å². The predicted molar refractivity (Wildman–Crippen MR) is 97.2 cm³/mol. The summed E-state index contributed by atoms with van der Waals surface area (Å²) >= 11 is 9.77. The molecule has 1 amide bonds. The van der Waals surface area contributed by atoms with Crippen LogP contribution in [0.4, 0.5) is 0 Å². The zero-order valence-electron chi connectivity index (χ0n) is 11.8. The minimum absolute atomic E-state index is 0.0935. The fourth-order valence-corrected chi connectivity index (χ4v) is 3.48. The van der Waals surface area contributed by atoms with Crippen molar-refractivity contribution in [1.82, 2.24) is 10.2 Å². The highest BCUT2D eigenvalue weighted by molar-refractivity contribution is 14.1. The van der Waals surface area contributed by atoms with Crippen LogP contribution in [0.15, 0.2) is 35.0 Å². The first kappa shape index (κ1) is 16.7. The van der Waals surface area contributed by atoms with E-state index < -0.39 is 0 Å². The van der Waals surface area contributed by atoms with Crippen LogP contribution in [0.5, 0.6) is 0 Å². The fourth-order valence-electron chi connectivity index (χ4n) is 2.02. The molecule has 0 aliphatic rings. The summed E-state index contributed by atoms with van der Waals surface area (Å²) < 4.78 is 0.895. The number of thiophene rings is 1. The number of nitrogens with zero attached hydrogens (tertiary/aromatic N) is 1. The summed E-state index contributed by atoms with van der Waals surface area (Å²) in [5, 5.41) is 7.73. The lowest BCUT2D eigenvalue weighted by molar-refractivity contribution is 0.0941. The molecule has 0 saturated carbocycles. The number of carbonyl (C=O) groups is 1. The Labute approximate surface area is 147 Å². The Bertz CT molecular complexity index is 616. The van der Waals surface area contributed by atoms with Gasteiger partial charge in [0, 0.05) is 15.1 Å². The Morgan fingerprint density at radius 1 is 1.43 bits per heavy atom. The molecule has 0 saturated heterocycles. The quantitative estimate of drug-likeness (QED) is 0.721. The highest BCUT2D eigenvalue weighted by Crippen LogP contribution is 2.21. The molecule has 21 heavy (non-hydrogen) atoms. The minimum Gasteiger partial charge on any atom is -0.350 e. The zero-order valence-corrected chi connectivity index (χ0v) is 15.5. The molecule has 112 valence electrons. The van der Waals surface area contributed by atoms with E-state index in [9.17, 15) is 4.79 Å². The molecule has 3 nitrogen and oxygen atoms in total. The van der Waals surface area contributed by atoms with Gasteiger partial charge in [-0.15, -0.1) is 0 Å². The average Bonchev–Trinajstić information content (AvgIpc) is 2.95. The van der Waals surface area contributed by atoms with Crippen molar-refractivity contribution in [2.75, 3.05) is 20.6 Å². The zero-order chi connectivity index (χ0) is 15.4. The van der Waals surface area contributed by atoms with Crippen molar-refractivity contribution in [3.63, 3.8) is 0 Å². The van der Waals surface area contributed by atoms with Gasteiger partial charge >= 0.3 is 0 Å². The minimum atomic E-state index is -0.0935. The van der Waals surface area contributed by atoms with Gasteiger partial charge in [0.1, 0.15) is 0 Å². The molecule has 0 bridgehead atoms. The van der Waals surface area contributed by atoms with Crippen LogP contribution in [-0.4, -0.2) is 31.4 Å². The number of hydrogen-bond acceptors (Lipinski definition) is 3. The van der Waals surface area contributed by atoms with E-state index >= 15 is 0 Å². The van der Waals surface area contributed by atoms with Gasteiger partial charge in [-0.05, 0) is 77.3 Å². The van der Waals surface area contributed by atoms with Crippen molar-refractivity contribution in [1.29, 1.82) is 0 Å². The van der Waals surface area contributed by atoms with Crippen molar-refractivity contribution >= 4 is 51.4 Å². The van der Waals surface area contributed by atoms with Gasteiger partial charge in [0.25, 0.3) is 5.91 Å². The van der Waals surface area contributed by atoms with Crippen LogP contribution in [0.2, 0.25) is 5.02 Å². The first-order valence-corrected chi connectivity index (χ1v) is 8.80. The smallest absolute Gasteiger partial charge is 0.252 e. The number of halogens is 2. The van der Waals surface area contributed by atoms with Crippen LogP contribution >= 0.6 is 45.5 Å². The number of amides is 1. The second-order valence-corrected chi connectivity index (χ2v) is 7.25. The first-order valence-electron chi connectivity index (χ1n) is 6.41. The molecule has 0 fully saturated rings. The molecular weight excluding hydrogens is 419 g/mol. The van der Waals surface area contributed by atoms with Gasteiger partial charge in [0.15, 0.2) is 0 Å². The molecule has 1 N–H and O–H groups in total.